The molecule has 4 rings (SSSR count). The van der Waals surface area contributed by atoms with Gasteiger partial charge in [-0.3, -0.25) is 4.79 Å². The lowest BCUT2D eigenvalue weighted by molar-refractivity contribution is -0.125. The second-order valence-corrected chi connectivity index (χ2v) is 8.26. The Morgan fingerprint density at radius 1 is 1.11 bits per heavy atom. The van der Waals surface area contributed by atoms with Gasteiger partial charge >= 0.3 is 0 Å². The molecular formula is C22H33N5O. The van der Waals surface area contributed by atoms with Crippen molar-refractivity contribution >= 4 is 22.9 Å². The van der Waals surface area contributed by atoms with Crippen LogP contribution in [0.15, 0.2) is 24.3 Å². The van der Waals surface area contributed by atoms with E-state index in [0.29, 0.717) is 0 Å². The van der Waals surface area contributed by atoms with Gasteiger partial charge in [0.15, 0.2) is 0 Å². The summed E-state index contributed by atoms with van der Waals surface area (Å²) in [5.41, 5.74) is 2.04. The number of anilines is 1. The molecule has 0 unspecified atom stereocenters. The number of carbonyl (C=O) groups excluding carboxylic acids is 1. The summed E-state index contributed by atoms with van der Waals surface area (Å²) in [6.07, 6.45) is 8.44. The van der Waals surface area contributed by atoms with E-state index < -0.39 is 0 Å². The van der Waals surface area contributed by atoms with Gasteiger partial charge in [0.1, 0.15) is 0 Å². The molecule has 0 spiro atoms. The summed E-state index contributed by atoms with van der Waals surface area (Å²) in [6, 6.07) is 8.09. The summed E-state index contributed by atoms with van der Waals surface area (Å²) >= 11 is 0. The molecule has 2 fully saturated rings. The molecule has 2 N–H and O–H groups in total. The van der Waals surface area contributed by atoms with Crippen LogP contribution in [0.25, 0.3) is 11.0 Å². The highest BCUT2D eigenvalue weighted by molar-refractivity contribution is 5.80. The highest BCUT2D eigenvalue weighted by Gasteiger charge is 2.27. The van der Waals surface area contributed by atoms with Crippen LogP contribution < -0.4 is 10.2 Å². The summed E-state index contributed by atoms with van der Waals surface area (Å²) in [7, 11) is 0. The zero-order chi connectivity index (χ0) is 19.2. The minimum absolute atomic E-state index is 0.0557. The standard InChI is InChI=1S/C22H33N5O/c28-21(23-12-8-15-26-13-5-1-2-6-14-26)18-9-7-16-27(17-18)22-24-19-10-3-4-11-20(19)25-22/h3-4,10-11,18H,1-2,5-9,12-17H2,(H,23,28)(H,24,25)/t18-/m0/s1. The average molecular weight is 384 g/mol. The fourth-order valence-electron chi connectivity index (χ4n) is 4.49. The van der Waals surface area contributed by atoms with E-state index in [-0.39, 0.29) is 11.8 Å². The van der Waals surface area contributed by atoms with E-state index in [2.05, 4.69) is 20.1 Å². The monoisotopic (exact) mass is 383 g/mol. The highest BCUT2D eigenvalue weighted by Crippen LogP contribution is 2.23. The third-order valence-electron chi connectivity index (χ3n) is 6.12. The molecule has 0 saturated carbocycles. The van der Waals surface area contributed by atoms with E-state index in [0.717, 1.165) is 62.4 Å². The van der Waals surface area contributed by atoms with E-state index in [1.165, 1.54) is 38.8 Å². The van der Waals surface area contributed by atoms with E-state index in [4.69, 9.17) is 4.98 Å². The van der Waals surface area contributed by atoms with Crippen molar-refractivity contribution in [2.24, 2.45) is 5.92 Å². The lowest BCUT2D eigenvalue weighted by Crippen LogP contribution is -2.44. The van der Waals surface area contributed by atoms with Crippen LogP contribution in [0, 0.1) is 5.92 Å². The molecule has 2 saturated heterocycles. The van der Waals surface area contributed by atoms with Crippen molar-refractivity contribution in [2.45, 2.75) is 44.9 Å². The zero-order valence-corrected chi connectivity index (χ0v) is 16.8. The van der Waals surface area contributed by atoms with Crippen LogP contribution in [0.5, 0.6) is 0 Å². The van der Waals surface area contributed by atoms with Crippen molar-refractivity contribution in [3.63, 3.8) is 0 Å². The van der Waals surface area contributed by atoms with Gasteiger partial charge < -0.3 is 20.1 Å². The van der Waals surface area contributed by atoms with Crippen molar-refractivity contribution < 1.29 is 4.79 Å². The number of imidazole rings is 1. The largest absolute Gasteiger partial charge is 0.356 e. The molecule has 1 aromatic heterocycles. The van der Waals surface area contributed by atoms with Crippen molar-refractivity contribution in [1.29, 1.82) is 0 Å². The number of rotatable bonds is 6. The lowest BCUT2D eigenvalue weighted by atomic mass is 9.97. The molecule has 152 valence electrons. The molecule has 3 heterocycles. The van der Waals surface area contributed by atoms with E-state index in [1.807, 2.05) is 24.3 Å². The van der Waals surface area contributed by atoms with Gasteiger partial charge in [-0.15, -0.1) is 0 Å². The number of amides is 1. The molecular weight excluding hydrogens is 350 g/mol. The Kier molecular flexibility index (Phi) is 6.47. The van der Waals surface area contributed by atoms with E-state index in [9.17, 15) is 4.79 Å². The first-order valence-corrected chi connectivity index (χ1v) is 11.0. The first kappa shape index (κ1) is 19.2. The number of carbonyl (C=O) groups is 1. The molecule has 0 bridgehead atoms. The minimum atomic E-state index is 0.0557. The smallest absolute Gasteiger partial charge is 0.224 e. The number of aromatic nitrogens is 2. The number of hydrogen-bond donors (Lipinski definition) is 2. The van der Waals surface area contributed by atoms with Crippen LogP contribution >= 0.6 is 0 Å². The fourth-order valence-corrected chi connectivity index (χ4v) is 4.49. The molecule has 28 heavy (non-hydrogen) atoms. The van der Waals surface area contributed by atoms with Crippen LogP contribution in [0.1, 0.15) is 44.9 Å². The predicted octanol–water partition coefficient (Wildman–Crippen LogP) is 3.16. The number of nitrogens with zero attached hydrogens (tertiary/aromatic N) is 3. The van der Waals surface area contributed by atoms with Crippen LogP contribution in [0.3, 0.4) is 0 Å². The summed E-state index contributed by atoms with van der Waals surface area (Å²) < 4.78 is 0. The molecule has 2 aliphatic rings. The Morgan fingerprint density at radius 2 is 1.93 bits per heavy atom. The van der Waals surface area contributed by atoms with Gasteiger partial charge in [0.25, 0.3) is 0 Å². The highest BCUT2D eigenvalue weighted by atomic mass is 16.1. The second kappa shape index (κ2) is 9.41. The Bertz CT molecular complexity index is 732. The number of aromatic amines is 1. The average Bonchev–Trinajstić information content (AvgIpc) is 3.00. The minimum Gasteiger partial charge on any atom is -0.356 e. The Balaban J connectivity index is 1.24. The fraction of sp³-hybridized carbons (Fsp3) is 0.636. The molecule has 1 atom stereocenters. The molecule has 6 heteroatoms. The van der Waals surface area contributed by atoms with Gasteiger partial charge in [0.2, 0.25) is 11.9 Å². The molecule has 0 radical (unpaired) electrons. The van der Waals surface area contributed by atoms with Crippen molar-refractivity contribution in [2.75, 3.05) is 44.2 Å². The SMILES string of the molecule is O=C(NCCCN1CCCCCC1)[C@H]1CCCN(c2nc3ccccc3[nH]2)C1. The number of para-hydroxylation sites is 2. The molecule has 1 aromatic carbocycles. The number of fused-ring (bicyclic) bond motifs is 1. The second-order valence-electron chi connectivity index (χ2n) is 8.26. The maximum atomic E-state index is 12.7. The van der Waals surface area contributed by atoms with Gasteiger partial charge in [-0.05, 0) is 63.9 Å². The maximum absolute atomic E-state index is 12.7. The first-order valence-electron chi connectivity index (χ1n) is 11.0. The van der Waals surface area contributed by atoms with Crippen LogP contribution in [0.4, 0.5) is 5.95 Å². The molecule has 2 aromatic rings. The topological polar surface area (TPSA) is 64.3 Å². The summed E-state index contributed by atoms with van der Waals surface area (Å²) in [4.78, 5) is 25.6. The molecule has 1 amide bonds. The van der Waals surface area contributed by atoms with Crippen LogP contribution in [-0.4, -0.2) is 60.0 Å². The van der Waals surface area contributed by atoms with Crippen molar-refractivity contribution in [3.05, 3.63) is 24.3 Å². The van der Waals surface area contributed by atoms with Gasteiger partial charge in [0, 0.05) is 19.6 Å². The molecule has 6 nitrogen and oxygen atoms in total. The van der Waals surface area contributed by atoms with Crippen LogP contribution in [0.2, 0.25) is 0 Å². The van der Waals surface area contributed by atoms with Gasteiger partial charge in [-0.2, -0.15) is 0 Å². The Hall–Kier alpha value is -2.08. The first-order chi connectivity index (χ1) is 13.8. The third kappa shape index (κ3) is 4.85. The summed E-state index contributed by atoms with van der Waals surface area (Å²) in [5.74, 6) is 1.15. The third-order valence-corrected chi connectivity index (χ3v) is 6.12. The molecule has 2 aliphatic heterocycles. The number of hydrogen-bond acceptors (Lipinski definition) is 4. The zero-order valence-electron chi connectivity index (χ0n) is 16.8. The number of piperidine rings is 1. The molecule has 0 aliphatic carbocycles. The maximum Gasteiger partial charge on any atom is 0.224 e. The predicted molar refractivity (Wildman–Crippen MR) is 114 cm³/mol. The Labute approximate surface area is 167 Å². The van der Waals surface area contributed by atoms with Gasteiger partial charge in [-0.25, -0.2) is 4.98 Å². The van der Waals surface area contributed by atoms with Gasteiger partial charge in [0.05, 0.1) is 17.0 Å². The van der Waals surface area contributed by atoms with Crippen molar-refractivity contribution in [1.82, 2.24) is 20.2 Å². The normalized spacial score (nSPS) is 21.6. The Morgan fingerprint density at radius 3 is 2.75 bits per heavy atom. The number of benzene rings is 1. The number of H-pyrrole nitrogens is 1. The number of nitrogens with one attached hydrogen (secondary N) is 2. The van der Waals surface area contributed by atoms with E-state index >= 15 is 0 Å². The van der Waals surface area contributed by atoms with Crippen molar-refractivity contribution in [3.8, 4) is 0 Å². The quantitative estimate of drug-likeness (QED) is 0.752. The summed E-state index contributed by atoms with van der Waals surface area (Å²) in [6.45, 7) is 6.05. The van der Waals surface area contributed by atoms with Crippen LogP contribution in [-0.2, 0) is 4.79 Å². The summed E-state index contributed by atoms with van der Waals surface area (Å²) in [5, 5.41) is 3.18. The van der Waals surface area contributed by atoms with Gasteiger partial charge in [-0.1, -0.05) is 25.0 Å². The lowest BCUT2D eigenvalue weighted by Gasteiger charge is -2.31. The van der Waals surface area contributed by atoms with E-state index in [1.54, 1.807) is 0 Å². The number of likely N-dealkylation sites (tertiary alicyclic amines) is 1.